The van der Waals surface area contributed by atoms with Crippen LogP contribution in [0.1, 0.15) is 30.1 Å². The van der Waals surface area contributed by atoms with Crippen LogP contribution in [0, 0.1) is 0 Å². The average Bonchev–Trinajstić information content (AvgIpc) is 2.42. The number of halogens is 1. The maximum atomic E-state index is 12.5. The Hall–Kier alpha value is -1.26. The molecule has 1 aromatic carbocycles. The molecule has 2 rings (SSSR count). The van der Waals surface area contributed by atoms with E-state index in [4.69, 9.17) is 22.1 Å². The summed E-state index contributed by atoms with van der Waals surface area (Å²) >= 11 is 5.95. The summed E-state index contributed by atoms with van der Waals surface area (Å²) in [5.74, 6) is -0.0654. The first kappa shape index (κ1) is 14.2. The Morgan fingerprint density at radius 2 is 2.37 bits per heavy atom. The Labute approximate surface area is 118 Å². The van der Waals surface area contributed by atoms with Crippen LogP contribution in [-0.2, 0) is 4.74 Å². The van der Waals surface area contributed by atoms with E-state index in [1.54, 1.807) is 23.1 Å². The number of para-hydroxylation sites is 1. The first-order chi connectivity index (χ1) is 9.13. The van der Waals surface area contributed by atoms with E-state index in [1.165, 1.54) is 0 Å². The number of carbonyl (C=O) groups is 1. The molecule has 0 aliphatic carbocycles. The minimum atomic E-state index is -0.0654. The zero-order chi connectivity index (χ0) is 13.8. The van der Waals surface area contributed by atoms with Crippen molar-refractivity contribution in [2.75, 3.05) is 25.4 Å². The van der Waals surface area contributed by atoms with Crippen LogP contribution >= 0.6 is 11.6 Å². The molecule has 1 aliphatic heterocycles. The van der Waals surface area contributed by atoms with Gasteiger partial charge in [0.25, 0.3) is 5.91 Å². The molecule has 1 saturated heterocycles. The number of rotatable bonds is 3. The van der Waals surface area contributed by atoms with Gasteiger partial charge in [0.1, 0.15) is 0 Å². The Morgan fingerprint density at radius 3 is 3.11 bits per heavy atom. The molecule has 0 radical (unpaired) electrons. The second-order valence-electron chi connectivity index (χ2n) is 4.67. The van der Waals surface area contributed by atoms with Crippen molar-refractivity contribution >= 4 is 23.2 Å². The van der Waals surface area contributed by atoms with Gasteiger partial charge in [-0.25, -0.2) is 0 Å². The number of piperidine rings is 1. The van der Waals surface area contributed by atoms with Crippen molar-refractivity contribution in [3.05, 3.63) is 28.8 Å². The zero-order valence-electron chi connectivity index (χ0n) is 11.1. The molecule has 2 N–H and O–H groups in total. The molecule has 5 heteroatoms. The highest BCUT2D eigenvalue weighted by Gasteiger charge is 2.26. The predicted octanol–water partition coefficient (Wildman–Crippen LogP) is 2.56. The lowest BCUT2D eigenvalue weighted by molar-refractivity contribution is 0.00728. The van der Waals surface area contributed by atoms with Crippen LogP contribution in [0.25, 0.3) is 0 Å². The summed E-state index contributed by atoms with van der Waals surface area (Å²) in [4.78, 5) is 14.3. The third-order valence-electron chi connectivity index (χ3n) is 3.35. The molecule has 1 aliphatic rings. The van der Waals surface area contributed by atoms with E-state index >= 15 is 0 Å². The van der Waals surface area contributed by atoms with Gasteiger partial charge in [-0.15, -0.1) is 0 Å². The number of nitrogen functional groups attached to an aromatic ring is 1. The van der Waals surface area contributed by atoms with Crippen molar-refractivity contribution in [3.8, 4) is 0 Å². The van der Waals surface area contributed by atoms with E-state index in [0.717, 1.165) is 19.4 Å². The van der Waals surface area contributed by atoms with Crippen LogP contribution in [0.2, 0.25) is 5.02 Å². The summed E-state index contributed by atoms with van der Waals surface area (Å²) in [5, 5.41) is 0.421. The number of benzene rings is 1. The van der Waals surface area contributed by atoms with Crippen molar-refractivity contribution in [3.63, 3.8) is 0 Å². The maximum Gasteiger partial charge on any atom is 0.256 e. The molecule has 1 heterocycles. The predicted molar refractivity (Wildman–Crippen MR) is 76.4 cm³/mol. The second-order valence-corrected chi connectivity index (χ2v) is 5.08. The molecule has 0 saturated carbocycles. The number of amides is 1. The van der Waals surface area contributed by atoms with Crippen molar-refractivity contribution in [2.24, 2.45) is 0 Å². The van der Waals surface area contributed by atoms with Gasteiger partial charge in [0.15, 0.2) is 0 Å². The van der Waals surface area contributed by atoms with Gasteiger partial charge in [0.2, 0.25) is 0 Å². The fraction of sp³-hybridized carbons (Fsp3) is 0.500. The van der Waals surface area contributed by atoms with E-state index in [-0.39, 0.29) is 12.0 Å². The Morgan fingerprint density at radius 1 is 1.58 bits per heavy atom. The van der Waals surface area contributed by atoms with Gasteiger partial charge < -0.3 is 15.4 Å². The topological polar surface area (TPSA) is 55.6 Å². The Bertz CT molecular complexity index is 463. The molecule has 0 spiro atoms. The third-order valence-corrected chi connectivity index (χ3v) is 3.68. The second kappa shape index (κ2) is 6.26. The molecule has 1 atom stereocenters. The molecule has 1 aromatic rings. The molecule has 104 valence electrons. The van der Waals surface area contributed by atoms with Crippen molar-refractivity contribution < 1.29 is 9.53 Å². The van der Waals surface area contributed by atoms with Crippen LogP contribution < -0.4 is 5.73 Å². The summed E-state index contributed by atoms with van der Waals surface area (Å²) in [5.41, 5.74) is 6.70. The lowest BCUT2D eigenvalue weighted by Gasteiger charge is -2.32. The molecule has 19 heavy (non-hydrogen) atoms. The molecule has 1 fully saturated rings. The smallest absolute Gasteiger partial charge is 0.256 e. The molecular weight excluding hydrogens is 264 g/mol. The first-order valence-electron chi connectivity index (χ1n) is 6.58. The standard InChI is InChI=1S/C14H19ClN2O2/c1-2-19-10-5-4-8-17(9-10)14(18)11-6-3-7-12(15)13(11)16/h3,6-7,10H,2,4-5,8-9,16H2,1H3. The zero-order valence-corrected chi connectivity index (χ0v) is 11.8. The lowest BCUT2D eigenvalue weighted by atomic mass is 10.1. The fourth-order valence-corrected chi connectivity index (χ4v) is 2.56. The normalized spacial score (nSPS) is 19.5. The Balaban J connectivity index is 2.12. The minimum Gasteiger partial charge on any atom is -0.397 e. The Kier molecular flexibility index (Phi) is 4.66. The van der Waals surface area contributed by atoms with Gasteiger partial charge in [-0.2, -0.15) is 0 Å². The van der Waals surface area contributed by atoms with Gasteiger partial charge in [0, 0.05) is 19.7 Å². The molecule has 4 nitrogen and oxygen atoms in total. The van der Waals surface area contributed by atoms with Crippen LogP contribution in [0.15, 0.2) is 18.2 Å². The van der Waals surface area contributed by atoms with Gasteiger partial charge in [0.05, 0.1) is 22.4 Å². The van der Waals surface area contributed by atoms with Gasteiger partial charge in [-0.3, -0.25) is 4.79 Å². The van der Waals surface area contributed by atoms with E-state index in [0.29, 0.717) is 29.4 Å². The third kappa shape index (κ3) is 3.19. The lowest BCUT2D eigenvalue weighted by Crippen LogP contribution is -2.43. The minimum absolute atomic E-state index is 0.0654. The SMILES string of the molecule is CCOC1CCCN(C(=O)c2cccc(Cl)c2N)C1. The maximum absolute atomic E-state index is 12.5. The average molecular weight is 283 g/mol. The van der Waals surface area contributed by atoms with E-state index in [2.05, 4.69) is 0 Å². The number of nitrogens with zero attached hydrogens (tertiary/aromatic N) is 1. The number of anilines is 1. The fourth-order valence-electron chi connectivity index (χ4n) is 2.39. The first-order valence-corrected chi connectivity index (χ1v) is 6.96. The van der Waals surface area contributed by atoms with Gasteiger partial charge in [-0.1, -0.05) is 17.7 Å². The summed E-state index contributed by atoms with van der Waals surface area (Å²) in [6, 6.07) is 5.15. The highest BCUT2D eigenvalue weighted by Crippen LogP contribution is 2.25. The van der Waals surface area contributed by atoms with Crippen molar-refractivity contribution in [1.82, 2.24) is 4.90 Å². The van der Waals surface area contributed by atoms with Gasteiger partial charge >= 0.3 is 0 Å². The monoisotopic (exact) mass is 282 g/mol. The number of carbonyl (C=O) groups excluding carboxylic acids is 1. The van der Waals surface area contributed by atoms with Crippen LogP contribution in [0.5, 0.6) is 0 Å². The van der Waals surface area contributed by atoms with E-state index in [9.17, 15) is 4.79 Å². The summed E-state index contributed by atoms with van der Waals surface area (Å²) in [6.45, 7) is 4.01. The quantitative estimate of drug-likeness (QED) is 0.867. The number of likely N-dealkylation sites (tertiary alicyclic amines) is 1. The molecular formula is C14H19ClN2O2. The molecule has 1 amide bonds. The number of hydrogen-bond acceptors (Lipinski definition) is 3. The van der Waals surface area contributed by atoms with Crippen LogP contribution in [0.4, 0.5) is 5.69 Å². The molecule has 1 unspecified atom stereocenters. The summed E-state index contributed by atoms with van der Waals surface area (Å²) < 4.78 is 5.60. The van der Waals surface area contributed by atoms with Crippen LogP contribution in [0.3, 0.4) is 0 Å². The highest BCUT2D eigenvalue weighted by molar-refractivity contribution is 6.33. The van der Waals surface area contributed by atoms with E-state index in [1.807, 2.05) is 6.92 Å². The number of ether oxygens (including phenoxy) is 1. The van der Waals surface area contributed by atoms with Crippen molar-refractivity contribution in [1.29, 1.82) is 0 Å². The molecule has 0 bridgehead atoms. The number of nitrogens with two attached hydrogens (primary N) is 1. The van der Waals surface area contributed by atoms with Gasteiger partial charge in [-0.05, 0) is 31.9 Å². The molecule has 0 aromatic heterocycles. The highest BCUT2D eigenvalue weighted by atomic mass is 35.5. The van der Waals surface area contributed by atoms with Crippen LogP contribution in [-0.4, -0.2) is 36.6 Å². The van der Waals surface area contributed by atoms with Crippen molar-refractivity contribution in [2.45, 2.75) is 25.9 Å². The largest absolute Gasteiger partial charge is 0.397 e. The summed E-state index contributed by atoms with van der Waals surface area (Å²) in [7, 11) is 0. The number of hydrogen-bond donors (Lipinski definition) is 1. The van der Waals surface area contributed by atoms with E-state index < -0.39 is 0 Å². The summed E-state index contributed by atoms with van der Waals surface area (Å²) in [6.07, 6.45) is 2.09.